The fourth-order valence-electron chi connectivity index (χ4n) is 2.66. The fraction of sp³-hybridized carbons (Fsp3) is 0.100. The van der Waals surface area contributed by atoms with E-state index in [0.717, 1.165) is 28.0 Å². The van der Waals surface area contributed by atoms with Gasteiger partial charge in [-0.2, -0.15) is 4.98 Å². The van der Waals surface area contributed by atoms with Crippen LogP contribution < -0.4 is 10.6 Å². The van der Waals surface area contributed by atoms with Crippen molar-refractivity contribution in [2.45, 2.75) is 13.1 Å². The van der Waals surface area contributed by atoms with Gasteiger partial charge in [-0.3, -0.25) is 0 Å². The number of benzene rings is 2. The Morgan fingerprint density at radius 1 is 0.846 bits per heavy atom. The number of hydrogen-bond acceptors (Lipinski definition) is 5. The molecule has 4 aromatic rings. The maximum absolute atomic E-state index is 13.1. The summed E-state index contributed by atoms with van der Waals surface area (Å²) in [5.41, 5.74) is 1.81. The molecule has 130 valence electrons. The van der Waals surface area contributed by atoms with Gasteiger partial charge in [-0.1, -0.05) is 24.3 Å². The number of rotatable bonds is 6. The third kappa shape index (κ3) is 3.64. The van der Waals surface area contributed by atoms with Crippen molar-refractivity contribution in [2.75, 3.05) is 10.6 Å². The molecule has 0 aliphatic carbocycles. The minimum absolute atomic E-state index is 0.245. The Bertz CT molecular complexity index is 1000. The molecule has 2 aromatic carbocycles. The lowest BCUT2D eigenvalue weighted by molar-refractivity contribution is 0.517. The number of aromatic nitrogens is 2. The van der Waals surface area contributed by atoms with Crippen LogP contribution >= 0.6 is 0 Å². The van der Waals surface area contributed by atoms with Gasteiger partial charge in [-0.15, -0.1) is 0 Å². The second-order valence-corrected chi connectivity index (χ2v) is 5.83. The first-order valence-corrected chi connectivity index (χ1v) is 8.29. The van der Waals surface area contributed by atoms with Crippen LogP contribution in [0.3, 0.4) is 0 Å². The summed E-state index contributed by atoms with van der Waals surface area (Å²) in [6.07, 6.45) is 1.63. The molecule has 26 heavy (non-hydrogen) atoms. The summed E-state index contributed by atoms with van der Waals surface area (Å²) in [6.45, 7) is 1.04. The second kappa shape index (κ2) is 7.23. The smallest absolute Gasteiger partial charge is 0.225 e. The van der Waals surface area contributed by atoms with Gasteiger partial charge in [0.1, 0.15) is 17.4 Å². The summed E-state index contributed by atoms with van der Waals surface area (Å²) in [6, 6.07) is 17.9. The predicted molar refractivity (Wildman–Crippen MR) is 99.3 cm³/mol. The molecular weight excluding hydrogens is 331 g/mol. The van der Waals surface area contributed by atoms with Gasteiger partial charge in [0.25, 0.3) is 0 Å². The summed E-state index contributed by atoms with van der Waals surface area (Å²) >= 11 is 0. The number of halogens is 1. The van der Waals surface area contributed by atoms with Crippen LogP contribution in [0.1, 0.15) is 11.3 Å². The van der Waals surface area contributed by atoms with E-state index in [1.807, 2.05) is 36.4 Å². The van der Waals surface area contributed by atoms with Crippen molar-refractivity contribution in [1.82, 2.24) is 9.97 Å². The number of anilines is 2. The molecule has 2 aromatic heterocycles. The second-order valence-electron chi connectivity index (χ2n) is 5.83. The van der Waals surface area contributed by atoms with Crippen LogP contribution in [0, 0.1) is 5.82 Å². The van der Waals surface area contributed by atoms with Crippen molar-refractivity contribution in [2.24, 2.45) is 0 Å². The maximum Gasteiger partial charge on any atom is 0.225 e. The number of furan rings is 1. The zero-order valence-corrected chi connectivity index (χ0v) is 13.9. The number of hydrogen-bond donors (Lipinski definition) is 2. The van der Waals surface area contributed by atoms with E-state index in [1.165, 1.54) is 12.1 Å². The Kier molecular flexibility index (Phi) is 4.47. The average molecular weight is 348 g/mol. The van der Waals surface area contributed by atoms with Crippen LogP contribution in [-0.4, -0.2) is 9.97 Å². The quantitative estimate of drug-likeness (QED) is 0.534. The Morgan fingerprint density at radius 2 is 1.69 bits per heavy atom. The van der Waals surface area contributed by atoms with Crippen molar-refractivity contribution in [3.63, 3.8) is 0 Å². The standard InChI is InChI=1S/C20H17FN4O/c21-15-9-7-14(8-10-15)12-22-19-17-5-1-2-6-18(17)24-20(25-19)23-13-16-4-3-11-26-16/h1-11H,12-13H2,(H2,22,23,24,25). The van der Waals surface area contributed by atoms with E-state index in [9.17, 15) is 4.39 Å². The number of nitrogens with one attached hydrogen (secondary N) is 2. The molecule has 6 heteroatoms. The first-order chi connectivity index (χ1) is 12.8. The maximum atomic E-state index is 13.1. The molecule has 0 aliphatic rings. The summed E-state index contributed by atoms with van der Waals surface area (Å²) in [4.78, 5) is 9.13. The molecule has 0 saturated heterocycles. The number of para-hydroxylation sites is 1. The SMILES string of the molecule is Fc1ccc(CNc2nc(NCc3ccco3)nc3ccccc23)cc1. The lowest BCUT2D eigenvalue weighted by Crippen LogP contribution is -2.07. The highest BCUT2D eigenvalue weighted by molar-refractivity contribution is 5.90. The largest absolute Gasteiger partial charge is 0.467 e. The zero-order valence-electron chi connectivity index (χ0n) is 13.9. The van der Waals surface area contributed by atoms with E-state index in [4.69, 9.17) is 4.42 Å². The van der Waals surface area contributed by atoms with E-state index in [0.29, 0.717) is 19.0 Å². The topological polar surface area (TPSA) is 63.0 Å². The molecule has 0 unspecified atom stereocenters. The van der Waals surface area contributed by atoms with E-state index in [2.05, 4.69) is 20.6 Å². The minimum Gasteiger partial charge on any atom is -0.467 e. The van der Waals surface area contributed by atoms with E-state index in [-0.39, 0.29) is 5.82 Å². The molecular formula is C20H17FN4O. The highest BCUT2D eigenvalue weighted by atomic mass is 19.1. The van der Waals surface area contributed by atoms with Crippen LogP contribution in [0.15, 0.2) is 71.3 Å². The van der Waals surface area contributed by atoms with Gasteiger partial charge in [0.05, 0.1) is 18.3 Å². The normalized spacial score (nSPS) is 10.8. The summed E-state index contributed by atoms with van der Waals surface area (Å²) in [7, 11) is 0. The highest BCUT2D eigenvalue weighted by Crippen LogP contribution is 2.22. The Morgan fingerprint density at radius 3 is 2.50 bits per heavy atom. The van der Waals surface area contributed by atoms with Gasteiger partial charge in [0.2, 0.25) is 5.95 Å². The third-order valence-corrected chi connectivity index (χ3v) is 3.98. The summed E-state index contributed by atoms with van der Waals surface area (Å²) < 4.78 is 18.4. The molecule has 5 nitrogen and oxygen atoms in total. The molecule has 0 bridgehead atoms. The molecule has 0 atom stereocenters. The molecule has 4 rings (SSSR count). The van der Waals surface area contributed by atoms with Gasteiger partial charge >= 0.3 is 0 Å². The van der Waals surface area contributed by atoms with E-state index >= 15 is 0 Å². The average Bonchev–Trinajstić information content (AvgIpc) is 3.19. The Hall–Kier alpha value is -3.41. The Balaban J connectivity index is 1.57. The number of nitrogens with zero attached hydrogens (tertiary/aromatic N) is 2. The Labute approximate surface area is 149 Å². The molecule has 2 heterocycles. The zero-order chi connectivity index (χ0) is 17.8. The minimum atomic E-state index is -0.245. The first-order valence-electron chi connectivity index (χ1n) is 8.29. The molecule has 0 aliphatic heterocycles. The van der Waals surface area contributed by atoms with Crippen molar-refractivity contribution < 1.29 is 8.81 Å². The van der Waals surface area contributed by atoms with Gasteiger partial charge in [0.15, 0.2) is 0 Å². The van der Waals surface area contributed by atoms with Gasteiger partial charge in [0, 0.05) is 11.9 Å². The molecule has 0 fully saturated rings. The van der Waals surface area contributed by atoms with Crippen LogP contribution in [0.25, 0.3) is 10.9 Å². The van der Waals surface area contributed by atoms with Crippen LogP contribution in [0.5, 0.6) is 0 Å². The molecule has 0 radical (unpaired) electrons. The molecule has 0 spiro atoms. The van der Waals surface area contributed by atoms with Crippen LogP contribution in [-0.2, 0) is 13.1 Å². The van der Waals surface area contributed by atoms with Crippen molar-refractivity contribution in [3.05, 3.63) is 84.1 Å². The third-order valence-electron chi connectivity index (χ3n) is 3.98. The molecule has 0 saturated carbocycles. The lowest BCUT2D eigenvalue weighted by atomic mass is 10.2. The van der Waals surface area contributed by atoms with Gasteiger partial charge < -0.3 is 15.1 Å². The van der Waals surface area contributed by atoms with Crippen LogP contribution in [0.2, 0.25) is 0 Å². The summed E-state index contributed by atoms with van der Waals surface area (Å²) in [5, 5.41) is 7.43. The number of fused-ring (bicyclic) bond motifs is 1. The molecule has 0 amide bonds. The van der Waals surface area contributed by atoms with Crippen molar-refractivity contribution in [1.29, 1.82) is 0 Å². The highest BCUT2D eigenvalue weighted by Gasteiger charge is 2.08. The van der Waals surface area contributed by atoms with Crippen molar-refractivity contribution in [3.8, 4) is 0 Å². The summed E-state index contributed by atoms with van der Waals surface area (Å²) in [5.74, 6) is 1.80. The fourth-order valence-corrected chi connectivity index (χ4v) is 2.66. The van der Waals surface area contributed by atoms with E-state index in [1.54, 1.807) is 18.4 Å². The van der Waals surface area contributed by atoms with Crippen molar-refractivity contribution >= 4 is 22.7 Å². The lowest BCUT2D eigenvalue weighted by Gasteiger charge is -2.11. The predicted octanol–water partition coefficient (Wildman–Crippen LogP) is 4.59. The molecule has 2 N–H and O–H groups in total. The van der Waals surface area contributed by atoms with Crippen LogP contribution in [0.4, 0.5) is 16.2 Å². The monoisotopic (exact) mass is 348 g/mol. The van der Waals surface area contributed by atoms with Gasteiger partial charge in [-0.25, -0.2) is 9.37 Å². The first kappa shape index (κ1) is 16.1. The van der Waals surface area contributed by atoms with E-state index < -0.39 is 0 Å². The van der Waals surface area contributed by atoms with Gasteiger partial charge in [-0.05, 0) is 42.0 Å².